The van der Waals surface area contributed by atoms with Gasteiger partial charge in [-0.2, -0.15) is 5.26 Å². The van der Waals surface area contributed by atoms with Crippen LogP contribution in [0.5, 0.6) is 0 Å². The van der Waals surface area contributed by atoms with Gasteiger partial charge in [-0.05, 0) is 18.6 Å². The van der Waals surface area contributed by atoms with Crippen molar-refractivity contribution in [3.05, 3.63) is 42.7 Å². The van der Waals surface area contributed by atoms with Crippen LogP contribution >= 0.6 is 0 Å². The largest absolute Gasteiger partial charge is 0.362 e. The number of hydrogen-bond donors (Lipinski definition) is 0. The van der Waals surface area contributed by atoms with Crippen molar-refractivity contribution in [2.75, 3.05) is 22.9 Å². The Labute approximate surface area is 138 Å². The molecule has 0 spiro atoms. The standard InChI is InChI=1S/C16H14N8/c17-7-13-14(2-1-3-18-13)23-8-12-6-11(23)9-24(12)15-16-21-20-10-22(16)5-4-19-15/h1-5,10-12H,6,8-9H2. The van der Waals surface area contributed by atoms with E-state index in [4.69, 9.17) is 0 Å². The molecule has 0 saturated carbocycles. The number of pyridine rings is 1. The van der Waals surface area contributed by atoms with Gasteiger partial charge in [0.25, 0.3) is 0 Å². The van der Waals surface area contributed by atoms with Crippen molar-refractivity contribution >= 4 is 17.2 Å². The topological polar surface area (TPSA) is 86.2 Å². The van der Waals surface area contributed by atoms with E-state index in [2.05, 4.69) is 36.0 Å². The summed E-state index contributed by atoms with van der Waals surface area (Å²) < 4.78 is 1.89. The normalized spacial score (nSPS) is 22.3. The molecule has 0 aliphatic carbocycles. The Balaban J connectivity index is 1.47. The van der Waals surface area contributed by atoms with E-state index in [1.807, 2.05) is 22.7 Å². The molecule has 0 N–H and O–H groups in total. The lowest BCUT2D eigenvalue weighted by Crippen LogP contribution is -2.47. The number of nitrogens with zero attached hydrogens (tertiary/aromatic N) is 8. The van der Waals surface area contributed by atoms with E-state index in [-0.39, 0.29) is 0 Å². The van der Waals surface area contributed by atoms with Crippen molar-refractivity contribution in [3.63, 3.8) is 0 Å². The molecule has 2 fully saturated rings. The van der Waals surface area contributed by atoms with Crippen molar-refractivity contribution in [1.82, 2.24) is 24.6 Å². The molecule has 2 aliphatic rings. The Morgan fingerprint density at radius 1 is 1.12 bits per heavy atom. The molecule has 2 saturated heterocycles. The highest BCUT2D eigenvalue weighted by atomic mass is 15.4. The van der Waals surface area contributed by atoms with Crippen molar-refractivity contribution < 1.29 is 0 Å². The third kappa shape index (κ3) is 1.78. The number of anilines is 2. The molecule has 5 heterocycles. The molecule has 2 bridgehead atoms. The van der Waals surface area contributed by atoms with E-state index in [1.54, 1.807) is 18.7 Å². The fourth-order valence-corrected chi connectivity index (χ4v) is 3.88. The summed E-state index contributed by atoms with van der Waals surface area (Å²) in [5, 5.41) is 17.5. The summed E-state index contributed by atoms with van der Waals surface area (Å²) in [6, 6.07) is 6.78. The first-order valence-corrected chi connectivity index (χ1v) is 7.88. The monoisotopic (exact) mass is 318 g/mol. The zero-order valence-electron chi connectivity index (χ0n) is 12.8. The second-order valence-corrected chi connectivity index (χ2v) is 6.14. The minimum Gasteiger partial charge on any atom is -0.362 e. The third-order valence-corrected chi connectivity index (χ3v) is 4.91. The molecule has 24 heavy (non-hydrogen) atoms. The van der Waals surface area contributed by atoms with Gasteiger partial charge in [-0.25, -0.2) is 9.97 Å². The van der Waals surface area contributed by atoms with Gasteiger partial charge in [-0.15, -0.1) is 10.2 Å². The summed E-state index contributed by atoms with van der Waals surface area (Å²) >= 11 is 0. The Morgan fingerprint density at radius 3 is 2.83 bits per heavy atom. The highest BCUT2D eigenvalue weighted by molar-refractivity contribution is 5.67. The first-order chi connectivity index (χ1) is 11.8. The van der Waals surface area contributed by atoms with E-state index in [1.165, 1.54) is 0 Å². The summed E-state index contributed by atoms with van der Waals surface area (Å²) in [7, 11) is 0. The molecule has 2 atom stereocenters. The van der Waals surface area contributed by atoms with Crippen molar-refractivity contribution in [2.24, 2.45) is 0 Å². The Hall–Kier alpha value is -3.21. The summed E-state index contributed by atoms with van der Waals surface area (Å²) in [6.07, 6.45) is 8.05. The zero-order chi connectivity index (χ0) is 16.1. The van der Waals surface area contributed by atoms with Gasteiger partial charge in [-0.3, -0.25) is 4.40 Å². The fraction of sp³-hybridized carbons (Fsp3) is 0.312. The molecular weight excluding hydrogens is 304 g/mol. The second-order valence-electron chi connectivity index (χ2n) is 6.14. The Morgan fingerprint density at radius 2 is 2.00 bits per heavy atom. The van der Waals surface area contributed by atoms with Gasteiger partial charge in [0.1, 0.15) is 12.4 Å². The van der Waals surface area contributed by atoms with E-state index < -0.39 is 0 Å². The summed E-state index contributed by atoms with van der Waals surface area (Å²) in [4.78, 5) is 13.3. The quantitative estimate of drug-likeness (QED) is 0.692. The van der Waals surface area contributed by atoms with Crippen LogP contribution in [0.25, 0.3) is 5.65 Å². The summed E-state index contributed by atoms with van der Waals surface area (Å²) in [5.74, 6) is 0.883. The predicted molar refractivity (Wildman–Crippen MR) is 86.6 cm³/mol. The lowest BCUT2D eigenvalue weighted by Gasteiger charge is -2.36. The Bertz CT molecular complexity index is 958. The number of rotatable bonds is 2. The Kier molecular flexibility index (Phi) is 2.70. The van der Waals surface area contributed by atoms with Gasteiger partial charge in [0, 0.05) is 37.7 Å². The molecule has 5 rings (SSSR count). The first-order valence-electron chi connectivity index (χ1n) is 7.88. The van der Waals surface area contributed by atoms with Gasteiger partial charge in [0.05, 0.1) is 11.7 Å². The van der Waals surface area contributed by atoms with Crippen molar-refractivity contribution in [1.29, 1.82) is 5.26 Å². The SMILES string of the molecule is N#Cc1ncccc1N1CC2CC1CN2c1nccn2cnnc12. The molecule has 0 aromatic carbocycles. The van der Waals surface area contributed by atoms with Gasteiger partial charge in [-0.1, -0.05) is 0 Å². The smallest absolute Gasteiger partial charge is 0.203 e. The maximum Gasteiger partial charge on any atom is 0.203 e. The van der Waals surface area contributed by atoms with E-state index in [0.717, 1.165) is 36.7 Å². The molecule has 118 valence electrons. The van der Waals surface area contributed by atoms with Gasteiger partial charge < -0.3 is 9.80 Å². The minimum absolute atomic E-state index is 0.358. The third-order valence-electron chi connectivity index (χ3n) is 4.91. The molecule has 8 nitrogen and oxygen atoms in total. The lowest BCUT2D eigenvalue weighted by molar-refractivity contribution is 0.640. The number of nitriles is 1. The molecule has 3 aromatic rings. The van der Waals surface area contributed by atoms with Crippen LogP contribution in [-0.2, 0) is 0 Å². The van der Waals surface area contributed by atoms with Crippen LogP contribution in [0.15, 0.2) is 37.1 Å². The fourth-order valence-electron chi connectivity index (χ4n) is 3.88. The molecule has 2 unspecified atom stereocenters. The molecule has 0 amide bonds. The van der Waals surface area contributed by atoms with Gasteiger partial charge in [0.2, 0.25) is 5.65 Å². The maximum atomic E-state index is 9.30. The molecular formula is C16H14N8. The molecule has 3 aromatic heterocycles. The van der Waals surface area contributed by atoms with Crippen LogP contribution in [0.4, 0.5) is 11.5 Å². The van der Waals surface area contributed by atoms with E-state index in [9.17, 15) is 5.26 Å². The number of hydrogen-bond acceptors (Lipinski definition) is 7. The van der Waals surface area contributed by atoms with Crippen LogP contribution in [0.1, 0.15) is 12.1 Å². The summed E-state index contributed by atoms with van der Waals surface area (Å²) in [5.41, 5.74) is 2.21. The van der Waals surface area contributed by atoms with E-state index >= 15 is 0 Å². The van der Waals surface area contributed by atoms with Crippen molar-refractivity contribution in [3.8, 4) is 6.07 Å². The van der Waals surface area contributed by atoms with Gasteiger partial charge in [0.15, 0.2) is 11.5 Å². The first kappa shape index (κ1) is 13.2. The molecule has 2 aliphatic heterocycles. The minimum atomic E-state index is 0.358. The van der Waals surface area contributed by atoms with Crippen molar-refractivity contribution in [2.45, 2.75) is 18.5 Å². The van der Waals surface area contributed by atoms with E-state index in [0.29, 0.717) is 17.8 Å². The number of aromatic nitrogens is 5. The van der Waals surface area contributed by atoms with Gasteiger partial charge >= 0.3 is 0 Å². The molecule has 8 heteroatoms. The average molecular weight is 318 g/mol. The van der Waals surface area contributed by atoms with Crippen LogP contribution in [0.3, 0.4) is 0 Å². The second kappa shape index (κ2) is 4.89. The van der Waals surface area contributed by atoms with Crippen LogP contribution in [0.2, 0.25) is 0 Å². The lowest BCUT2D eigenvalue weighted by atomic mass is 10.2. The number of fused-ring (bicyclic) bond motifs is 3. The number of piperazine rings is 1. The zero-order valence-corrected chi connectivity index (χ0v) is 12.8. The van der Waals surface area contributed by atoms with Crippen LogP contribution in [-0.4, -0.2) is 49.7 Å². The predicted octanol–water partition coefficient (Wildman–Crippen LogP) is 0.858. The van der Waals surface area contributed by atoms with Crippen LogP contribution in [0, 0.1) is 11.3 Å². The highest BCUT2D eigenvalue weighted by Gasteiger charge is 2.45. The maximum absolute atomic E-state index is 9.30. The summed E-state index contributed by atoms with van der Waals surface area (Å²) in [6.45, 7) is 1.73. The highest BCUT2D eigenvalue weighted by Crippen LogP contribution is 2.38. The average Bonchev–Trinajstić information content (AvgIpc) is 3.35. The molecule has 0 radical (unpaired) electrons. The van der Waals surface area contributed by atoms with Crippen LogP contribution < -0.4 is 9.80 Å².